The van der Waals surface area contributed by atoms with Crippen molar-refractivity contribution in [3.8, 4) is 5.75 Å². The number of anilines is 1. The molecule has 32 heavy (non-hydrogen) atoms. The number of para-hydroxylation sites is 1. The molecule has 0 aliphatic carbocycles. The Hall–Kier alpha value is -3.72. The van der Waals surface area contributed by atoms with Crippen molar-refractivity contribution in [1.82, 2.24) is 14.9 Å². The minimum Gasteiger partial charge on any atom is -0.486 e. The molecule has 0 bridgehead atoms. The molecule has 2 aromatic heterocycles. The molecule has 10 heteroatoms. The van der Waals surface area contributed by atoms with Gasteiger partial charge in [0.2, 0.25) is 0 Å². The van der Waals surface area contributed by atoms with Gasteiger partial charge in [-0.1, -0.05) is 41.0 Å². The van der Waals surface area contributed by atoms with Crippen molar-refractivity contribution in [3.63, 3.8) is 0 Å². The van der Waals surface area contributed by atoms with E-state index in [2.05, 4.69) is 15.6 Å². The molecular weight excluding hydrogens is 442 g/mol. The minimum absolute atomic E-state index is 0.0250. The lowest BCUT2D eigenvalue weighted by molar-refractivity contribution is 0.101. The number of nitrogens with one attached hydrogen (secondary N) is 1. The third kappa shape index (κ3) is 4.78. The van der Waals surface area contributed by atoms with Crippen LogP contribution < -0.4 is 10.1 Å². The number of hydrogen-bond donors (Lipinski definition) is 1. The number of halogens is 3. The number of aryl methyl sites for hydroxylation is 1. The van der Waals surface area contributed by atoms with Gasteiger partial charge >= 0.3 is 0 Å². The van der Waals surface area contributed by atoms with E-state index in [9.17, 15) is 13.6 Å². The fourth-order valence-corrected chi connectivity index (χ4v) is 3.16. The first-order valence-electron chi connectivity index (χ1n) is 9.52. The predicted octanol–water partition coefficient (Wildman–Crippen LogP) is 4.99. The fraction of sp³-hybridized carbons (Fsp3) is 0.136. The van der Waals surface area contributed by atoms with E-state index in [1.807, 2.05) is 0 Å². The third-order valence-electron chi connectivity index (χ3n) is 4.62. The summed E-state index contributed by atoms with van der Waals surface area (Å²) in [5, 5.41) is 10.8. The Bertz CT molecular complexity index is 1250. The van der Waals surface area contributed by atoms with Crippen LogP contribution in [0.5, 0.6) is 5.75 Å². The molecule has 0 spiro atoms. The number of rotatable bonds is 7. The van der Waals surface area contributed by atoms with Crippen molar-refractivity contribution in [2.45, 2.75) is 20.1 Å². The van der Waals surface area contributed by atoms with E-state index >= 15 is 0 Å². The maximum absolute atomic E-state index is 13.8. The monoisotopic (exact) mass is 458 g/mol. The van der Waals surface area contributed by atoms with Crippen LogP contribution in [0.1, 0.15) is 27.4 Å². The number of amides is 1. The first-order valence-corrected chi connectivity index (χ1v) is 9.89. The van der Waals surface area contributed by atoms with E-state index < -0.39 is 11.7 Å². The normalized spacial score (nSPS) is 10.9. The zero-order valence-electron chi connectivity index (χ0n) is 16.8. The fourth-order valence-electron chi connectivity index (χ4n) is 2.96. The van der Waals surface area contributed by atoms with Crippen LogP contribution in [0.15, 0.2) is 59.3 Å². The minimum atomic E-state index is -0.608. The van der Waals surface area contributed by atoms with E-state index in [0.717, 1.165) is 5.56 Å². The number of ether oxygens (including phenoxy) is 1. The van der Waals surface area contributed by atoms with Crippen molar-refractivity contribution in [3.05, 3.63) is 94.0 Å². The molecular formula is C22H17ClF2N4O3. The predicted molar refractivity (Wildman–Crippen MR) is 113 cm³/mol. The summed E-state index contributed by atoms with van der Waals surface area (Å²) in [4.78, 5) is 12.8. The highest BCUT2D eigenvalue weighted by molar-refractivity contribution is 6.33. The van der Waals surface area contributed by atoms with Crippen LogP contribution in [0.2, 0.25) is 5.02 Å². The summed E-state index contributed by atoms with van der Waals surface area (Å²) in [6, 6.07) is 11.9. The number of benzene rings is 2. The molecule has 1 amide bonds. The highest BCUT2D eigenvalue weighted by Crippen LogP contribution is 2.24. The van der Waals surface area contributed by atoms with Crippen LogP contribution in [0.25, 0.3) is 0 Å². The first-order chi connectivity index (χ1) is 15.4. The smallest absolute Gasteiger partial charge is 0.279 e. The molecule has 0 atom stereocenters. The van der Waals surface area contributed by atoms with Crippen LogP contribution in [-0.4, -0.2) is 20.8 Å². The largest absolute Gasteiger partial charge is 0.486 e. The molecule has 164 valence electrons. The van der Waals surface area contributed by atoms with Gasteiger partial charge in [0.25, 0.3) is 5.91 Å². The molecule has 0 fully saturated rings. The Morgan fingerprint density at radius 2 is 1.94 bits per heavy atom. The average Bonchev–Trinajstić information content (AvgIpc) is 3.31. The van der Waals surface area contributed by atoms with Crippen molar-refractivity contribution < 1.29 is 22.8 Å². The molecule has 7 nitrogen and oxygen atoms in total. The van der Waals surface area contributed by atoms with E-state index in [1.54, 1.807) is 31.2 Å². The SMILES string of the molecule is Cc1onc(C(=O)Nc2nn(Cc3ccc(F)cc3)cc2Cl)c1COc1ccccc1F. The topological polar surface area (TPSA) is 82.2 Å². The second-order valence-corrected chi connectivity index (χ2v) is 7.30. The van der Waals surface area contributed by atoms with Gasteiger partial charge in [0.15, 0.2) is 23.1 Å². The van der Waals surface area contributed by atoms with Gasteiger partial charge in [0.05, 0.1) is 12.1 Å². The van der Waals surface area contributed by atoms with E-state index in [1.165, 1.54) is 35.1 Å². The maximum Gasteiger partial charge on any atom is 0.279 e. The standard InChI is InChI=1S/C22H17ClF2N4O3/c1-13-16(12-31-19-5-3-2-4-18(19)25)20(28-32-13)22(30)26-21-17(23)11-29(27-21)10-14-6-8-15(24)9-7-14/h2-9,11H,10,12H2,1H3,(H,26,27,30). The summed E-state index contributed by atoms with van der Waals surface area (Å²) in [7, 11) is 0. The number of carbonyl (C=O) groups excluding carboxylic acids is 1. The highest BCUT2D eigenvalue weighted by atomic mass is 35.5. The van der Waals surface area contributed by atoms with Gasteiger partial charge in [-0.25, -0.2) is 8.78 Å². The summed E-state index contributed by atoms with van der Waals surface area (Å²) in [5.41, 5.74) is 1.15. The summed E-state index contributed by atoms with van der Waals surface area (Å²) in [6.07, 6.45) is 1.54. The number of nitrogens with zero attached hydrogens (tertiary/aromatic N) is 3. The molecule has 0 saturated carbocycles. The van der Waals surface area contributed by atoms with Crippen molar-refractivity contribution in [2.24, 2.45) is 0 Å². The van der Waals surface area contributed by atoms with Gasteiger partial charge in [-0.15, -0.1) is 0 Å². The Labute approximate surface area is 186 Å². The van der Waals surface area contributed by atoms with E-state index in [-0.39, 0.29) is 34.7 Å². The summed E-state index contributed by atoms with van der Waals surface area (Å²) >= 11 is 6.20. The summed E-state index contributed by atoms with van der Waals surface area (Å²) in [5.74, 6) is -0.936. The van der Waals surface area contributed by atoms with Gasteiger partial charge in [-0.3, -0.25) is 9.48 Å². The van der Waals surface area contributed by atoms with Crippen LogP contribution in [-0.2, 0) is 13.2 Å². The van der Waals surface area contributed by atoms with Gasteiger partial charge < -0.3 is 14.6 Å². The second-order valence-electron chi connectivity index (χ2n) is 6.89. The maximum atomic E-state index is 13.8. The zero-order chi connectivity index (χ0) is 22.7. The summed E-state index contributed by atoms with van der Waals surface area (Å²) in [6.45, 7) is 1.83. The zero-order valence-corrected chi connectivity index (χ0v) is 17.6. The van der Waals surface area contributed by atoms with Gasteiger partial charge in [-0.2, -0.15) is 5.10 Å². The quantitative estimate of drug-likeness (QED) is 0.422. The van der Waals surface area contributed by atoms with Crippen molar-refractivity contribution in [2.75, 3.05) is 5.32 Å². The van der Waals surface area contributed by atoms with Crippen molar-refractivity contribution >= 4 is 23.3 Å². The molecule has 2 aromatic carbocycles. The summed E-state index contributed by atoms with van der Waals surface area (Å²) < 4.78 is 39.0. The average molecular weight is 459 g/mol. The van der Waals surface area contributed by atoms with Gasteiger partial charge in [-0.05, 0) is 36.8 Å². The third-order valence-corrected chi connectivity index (χ3v) is 4.89. The van der Waals surface area contributed by atoms with E-state index in [4.69, 9.17) is 20.9 Å². The molecule has 0 aliphatic heterocycles. The number of aromatic nitrogens is 3. The first kappa shape index (κ1) is 21.5. The van der Waals surface area contributed by atoms with Gasteiger partial charge in [0.1, 0.15) is 23.2 Å². The molecule has 4 aromatic rings. The Balaban J connectivity index is 1.47. The van der Waals surface area contributed by atoms with Crippen LogP contribution in [0.3, 0.4) is 0 Å². The Kier molecular flexibility index (Phi) is 6.18. The molecule has 0 saturated heterocycles. The molecule has 0 radical (unpaired) electrons. The van der Waals surface area contributed by atoms with Crippen molar-refractivity contribution in [1.29, 1.82) is 0 Å². The number of hydrogen-bond acceptors (Lipinski definition) is 5. The lowest BCUT2D eigenvalue weighted by Gasteiger charge is -2.07. The van der Waals surface area contributed by atoms with Gasteiger partial charge in [0, 0.05) is 6.20 Å². The molecule has 0 aliphatic rings. The lowest BCUT2D eigenvalue weighted by atomic mass is 10.2. The van der Waals surface area contributed by atoms with Crippen LogP contribution >= 0.6 is 11.6 Å². The molecule has 2 heterocycles. The second kappa shape index (κ2) is 9.19. The molecule has 1 N–H and O–H groups in total. The Morgan fingerprint density at radius 1 is 1.19 bits per heavy atom. The molecule has 4 rings (SSSR count). The number of carbonyl (C=O) groups is 1. The highest BCUT2D eigenvalue weighted by Gasteiger charge is 2.22. The van der Waals surface area contributed by atoms with Crippen LogP contribution in [0, 0.1) is 18.6 Å². The molecule has 0 unspecified atom stereocenters. The Morgan fingerprint density at radius 3 is 2.69 bits per heavy atom. The lowest BCUT2D eigenvalue weighted by Crippen LogP contribution is -2.16. The van der Waals surface area contributed by atoms with Crippen LogP contribution in [0.4, 0.5) is 14.6 Å². The van der Waals surface area contributed by atoms with E-state index in [0.29, 0.717) is 17.9 Å².